The molecule has 2 aromatic rings. The molecule has 3 heteroatoms. The molecule has 0 spiro atoms. The Hall–Kier alpha value is -1.61. The van der Waals surface area contributed by atoms with E-state index in [9.17, 15) is 0 Å². The van der Waals surface area contributed by atoms with Crippen LogP contribution >= 0.6 is 0 Å². The molecule has 106 valence electrons. The molecule has 20 heavy (non-hydrogen) atoms. The maximum atomic E-state index is 4.59. The molecule has 0 aliphatic heterocycles. The number of nitrogens with one attached hydrogen (secondary N) is 1. The third-order valence-corrected chi connectivity index (χ3v) is 4.32. The van der Waals surface area contributed by atoms with Crippen molar-refractivity contribution < 1.29 is 0 Å². The smallest absolute Gasteiger partial charge is 0.0952 e. The standard InChI is InChI=1S/C17H23N3/c1-13-7-9-14(10-8-13)16(18-2)11-20-12-19-15-5-3-4-6-17(15)20/h7-10,12,16,18H,3-6,11H2,1-2H3. The van der Waals surface area contributed by atoms with Crippen LogP contribution in [0.5, 0.6) is 0 Å². The van der Waals surface area contributed by atoms with E-state index in [-0.39, 0.29) is 0 Å². The molecule has 0 fully saturated rings. The van der Waals surface area contributed by atoms with Crippen molar-refractivity contribution in [3.63, 3.8) is 0 Å². The average Bonchev–Trinajstić information content (AvgIpc) is 2.89. The lowest BCUT2D eigenvalue weighted by molar-refractivity contribution is 0.483. The zero-order valence-electron chi connectivity index (χ0n) is 12.4. The fourth-order valence-electron chi connectivity index (χ4n) is 3.05. The first-order valence-corrected chi connectivity index (χ1v) is 7.54. The molecule has 1 atom stereocenters. The van der Waals surface area contributed by atoms with Gasteiger partial charge in [0, 0.05) is 18.3 Å². The molecule has 1 aliphatic rings. The second-order valence-electron chi connectivity index (χ2n) is 5.75. The number of aryl methyl sites for hydroxylation is 2. The summed E-state index contributed by atoms with van der Waals surface area (Å²) in [6.07, 6.45) is 6.94. The van der Waals surface area contributed by atoms with Crippen molar-refractivity contribution in [1.82, 2.24) is 14.9 Å². The second kappa shape index (κ2) is 5.80. The summed E-state index contributed by atoms with van der Waals surface area (Å²) < 4.78 is 2.34. The number of hydrogen-bond donors (Lipinski definition) is 1. The minimum absolute atomic E-state index is 0.343. The van der Waals surface area contributed by atoms with Crippen LogP contribution in [-0.2, 0) is 19.4 Å². The van der Waals surface area contributed by atoms with Crippen molar-refractivity contribution in [3.05, 3.63) is 53.1 Å². The molecule has 0 saturated heterocycles. The van der Waals surface area contributed by atoms with Crippen LogP contribution in [0.4, 0.5) is 0 Å². The van der Waals surface area contributed by atoms with Crippen molar-refractivity contribution in [1.29, 1.82) is 0 Å². The predicted molar refractivity (Wildman–Crippen MR) is 81.8 cm³/mol. The highest BCUT2D eigenvalue weighted by Gasteiger charge is 2.17. The van der Waals surface area contributed by atoms with Gasteiger partial charge in [0.1, 0.15) is 0 Å². The van der Waals surface area contributed by atoms with Gasteiger partial charge in [-0.2, -0.15) is 0 Å². The van der Waals surface area contributed by atoms with Crippen LogP contribution in [0.1, 0.15) is 41.4 Å². The zero-order valence-corrected chi connectivity index (χ0v) is 12.4. The van der Waals surface area contributed by atoms with Gasteiger partial charge in [-0.15, -0.1) is 0 Å². The van der Waals surface area contributed by atoms with E-state index in [1.807, 2.05) is 13.4 Å². The zero-order chi connectivity index (χ0) is 13.9. The number of nitrogens with zero attached hydrogens (tertiary/aromatic N) is 2. The fourth-order valence-corrected chi connectivity index (χ4v) is 3.05. The van der Waals surface area contributed by atoms with E-state index in [0.29, 0.717) is 6.04 Å². The molecule has 3 nitrogen and oxygen atoms in total. The summed E-state index contributed by atoms with van der Waals surface area (Å²) in [5.74, 6) is 0. The first-order chi connectivity index (χ1) is 9.78. The first-order valence-electron chi connectivity index (χ1n) is 7.54. The van der Waals surface area contributed by atoms with Crippen molar-refractivity contribution in [2.75, 3.05) is 7.05 Å². The van der Waals surface area contributed by atoms with Gasteiger partial charge in [0.2, 0.25) is 0 Å². The van der Waals surface area contributed by atoms with E-state index in [1.165, 1.54) is 41.8 Å². The van der Waals surface area contributed by atoms with Gasteiger partial charge < -0.3 is 9.88 Å². The second-order valence-corrected chi connectivity index (χ2v) is 5.75. The summed E-state index contributed by atoms with van der Waals surface area (Å²) >= 11 is 0. The number of imidazole rings is 1. The van der Waals surface area contributed by atoms with E-state index in [1.54, 1.807) is 0 Å². The summed E-state index contributed by atoms with van der Waals surface area (Å²) in [6, 6.07) is 9.15. The number of benzene rings is 1. The Kier molecular flexibility index (Phi) is 3.88. The largest absolute Gasteiger partial charge is 0.332 e. The van der Waals surface area contributed by atoms with Gasteiger partial charge >= 0.3 is 0 Å². The van der Waals surface area contributed by atoms with Crippen LogP contribution < -0.4 is 5.32 Å². The fraction of sp³-hybridized carbons (Fsp3) is 0.471. The Balaban J connectivity index is 1.81. The summed E-state index contributed by atoms with van der Waals surface area (Å²) in [5, 5.41) is 3.43. The van der Waals surface area contributed by atoms with Gasteiger partial charge in [-0.1, -0.05) is 29.8 Å². The molecule has 1 unspecified atom stereocenters. The number of likely N-dealkylation sites (N-methyl/N-ethyl adjacent to an activating group) is 1. The molecule has 0 radical (unpaired) electrons. The predicted octanol–water partition coefficient (Wildman–Crippen LogP) is 3.03. The highest BCUT2D eigenvalue weighted by molar-refractivity contribution is 5.24. The Morgan fingerprint density at radius 2 is 1.95 bits per heavy atom. The molecular weight excluding hydrogens is 246 g/mol. The van der Waals surface area contributed by atoms with Gasteiger partial charge in [-0.25, -0.2) is 4.98 Å². The molecule has 1 aromatic heterocycles. The van der Waals surface area contributed by atoms with E-state index in [0.717, 1.165) is 13.0 Å². The molecule has 0 saturated carbocycles. The Morgan fingerprint density at radius 3 is 2.70 bits per heavy atom. The molecule has 1 heterocycles. The number of fused-ring (bicyclic) bond motifs is 1. The maximum Gasteiger partial charge on any atom is 0.0952 e. The summed E-state index contributed by atoms with van der Waals surface area (Å²) in [5.41, 5.74) is 5.42. The molecule has 1 aromatic carbocycles. The van der Waals surface area contributed by atoms with Crippen LogP contribution in [0.2, 0.25) is 0 Å². The quantitative estimate of drug-likeness (QED) is 0.924. The Morgan fingerprint density at radius 1 is 1.20 bits per heavy atom. The first kappa shape index (κ1) is 13.4. The van der Waals surface area contributed by atoms with Gasteiger partial charge in [-0.05, 0) is 45.2 Å². The van der Waals surface area contributed by atoms with Crippen LogP contribution in [0.25, 0.3) is 0 Å². The average molecular weight is 269 g/mol. The van der Waals surface area contributed by atoms with Gasteiger partial charge in [0.25, 0.3) is 0 Å². The topological polar surface area (TPSA) is 29.9 Å². The summed E-state index contributed by atoms with van der Waals surface area (Å²) in [4.78, 5) is 4.59. The molecular formula is C17H23N3. The van der Waals surface area contributed by atoms with Gasteiger partial charge in [-0.3, -0.25) is 0 Å². The van der Waals surface area contributed by atoms with E-state index >= 15 is 0 Å². The minimum atomic E-state index is 0.343. The lowest BCUT2D eigenvalue weighted by atomic mass is 10.0. The number of aromatic nitrogens is 2. The number of rotatable bonds is 4. The minimum Gasteiger partial charge on any atom is -0.332 e. The maximum absolute atomic E-state index is 4.59. The van der Waals surface area contributed by atoms with E-state index in [4.69, 9.17) is 0 Å². The molecule has 1 aliphatic carbocycles. The van der Waals surface area contributed by atoms with Crippen molar-refractivity contribution >= 4 is 0 Å². The van der Waals surface area contributed by atoms with E-state index in [2.05, 4.69) is 46.1 Å². The normalized spacial score (nSPS) is 15.9. The van der Waals surface area contributed by atoms with Crippen LogP contribution in [0, 0.1) is 6.92 Å². The van der Waals surface area contributed by atoms with Crippen LogP contribution in [0.3, 0.4) is 0 Å². The monoisotopic (exact) mass is 269 g/mol. The van der Waals surface area contributed by atoms with Crippen molar-refractivity contribution in [2.24, 2.45) is 0 Å². The molecule has 1 N–H and O–H groups in total. The van der Waals surface area contributed by atoms with Crippen molar-refractivity contribution in [2.45, 2.75) is 45.2 Å². The lowest BCUT2D eigenvalue weighted by Gasteiger charge is -2.20. The number of hydrogen-bond acceptors (Lipinski definition) is 2. The Bertz CT molecular complexity index is 568. The van der Waals surface area contributed by atoms with Crippen LogP contribution in [-0.4, -0.2) is 16.6 Å². The lowest BCUT2D eigenvalue weighted by Crippen LogP contribution is -2.23. The third kappa shape index (κ3) is 2.63. The SMILES string of the molecule is CNC(Cn1cnc2c1CCCC2)c1ccc(C)cc1. The van der Waals surface area contributed by atoms with Gasteiger partial charge in [0.05, 0.1) is 12.0 Å². The Labute approximate surface area is 121 Å². The highest BCUT2D eigenvalue weighted by atomic mass is 15.1. The third-order valence-electron chi connectivity index (χ3n) is 4.32. The molecule has 0 bridgehead atoms. The summed E-state index contributed by atoms with van der Waals surface area (Å²) in [7, 11) is 2.04. The molecule has 3 rings (SSSR count). The van der Waals surface area contributed by atoms with E-state index < -0.39 is 0 Å². The summed E-state index contributed by atoms with van der Waals surface area (Å²) in [6.45, 7) is 3.09. The molecule has 0 amide bonds. The van der Waals surface area contributed by atoms with Gasteiger partial charge in [0.15, 0.2) is 0 Å². The highest BCUT2D eigenvalue weighted by Crippen LogP contribution is 2.23. The van der Waals surface area contributed by atoms with Crippen LogP contribution in [0.15, 0.2) is 30.6 Å². The van der Waals surface area contributed by atoms with Crippen molar-refractivity contribution in [3.8, 4) is 0 Å².